The fourth-order valence-electron chi connectivity index (χ4n) is 3.36. The summed E-state index contributed by atoms with van der Waals surface area (Å²) in [5.74, 6) is 0.616. The molecule has 0 aliphatic heterocycles. The second-order valence-electron chi connectivity index (χ2n) is 7.62. The number of anilines is 1. The van der Waals surface area contributed by atoms with Gasteiger partial charge in [0.2, 0.25) is 0 Å². The molecule has 0 spiro atoms. The minimum atomic E-state index is 0.00505. The summed E-state index contributed by atoms with van der Waals surface area (Å²) in [4.78, 5) is 21.5. The van der Waals surface area contributed by atoms with Crippen LogP contribution in [0.25, 0.3) is 11.1 Å². The molecule has 4 aromatic rings. The summed E-state index contributed by atoms with van der Waals surface area (Å²) < 4.78 is 5.80. The van der Waals surface area contributed by atoms with Gasteiger partial charge in [-0.2, -0.15) is 0 Å². The molecule has 3 aromatic carbocycles. The van der Waals surface area contributed by atoms with Gasteiger partial charge in [-0.05, 0) is 41.5 Å². The molecule has 6 heteroatoms. The lowest BCUT2D eigenvalue weighted by Crippen LogP contribution is -2.27. The van der Waals surface area contributed by atoms with Crippen LogP contribution in [0.5, 0.6) is 0 Å². The second kappa shape index (κ2) is 9.27. The Labute approximate surface area is 186 Å². The highest BCUT2D eigenvalue weighted by Crippen LogP contribution is 2.27. The molecule has 0 N–H and O–H groups in total. The summed E-state index contributed by atoms with van der Waals surface area (Å²) >= 11 is 1.50. The van der Waals surface area contributed by atoms with Crippen LogP contribution in [0.15, 0.2) is 82.4 Å². The summed E-state index contributed by atoms with van der Waals surface area (Å²) in [5, 5.41) is 0.609. The zero-order chi connectivity index (χ0) is 21.8. The molecule has 4 rings (SSSR count). The maximum Gasteiger partial charge on any atom is 0.257 e. The number of hydrogen-bond donors (Lipinski definition) is 0. The van der Waals surface area contributed by atoms with E-state index >= 15 is 0 Å². The molecule has 0 radical (unpaired) electrons. The van der Waals surface area contributed by atoms with Gasteiger partial charge in [0.15, 0.2) is 5.58 Å². The van der Waals surface area contributed by atoms with Crippen molar-refractivity contribution < 1.29 is 9.21 Å². The highest BCUT2D eigenvalue weighted by Gasteiger charge is 2.17. The molecule has 0 unspecified atom stereocenters. The standard InChI is InChI=1S/C25H25N3O2S/c1-27(2)20-14-12-18(13-15-20)16-28(3)24(29)21-9-5-4-8-19(21)17-31-25-26-22-10-6-7-11-23(22)30-25/h4-15H,16-17H2,1-3H3. The Kier molecular flexibility index (Phi) is 6.28. The summed E-state index contributed by atoms with van der Waals surface area (Å²) in [6.45, 7) is 0.555. The van der Waals surface area contributed by atoms with Gasteiger partial charge >= 0.3 is 0 Å². The number of hydrogen-bond acceptors (Lipinski definition) is 5. The third kappa shape index (κ3) is 4.91. The third-order valence-electron chi connectivity index (χ3n) is 5.09. The lowest BCUT2D eigenvalue weighted by atomic mass is 10.1. The van der Waals surface area contributed by atoms with E-state index in [2.05, 4.69) is 34.1 Å². The van der Waals surface area contributed by atoms with Gasteiger partial charge in [0.1, 0.15) is 5.52 Å². The zero-order valence-electron chi connectivity index (χ0n) is 17.9. The minimum Gasteiger partial charge on any atom is -0.431 e. The van der Waals surface area contributed by atoms with Crippen LogP contribution in [0, 0.1) is 0 Å². The molecule has 1 amide bonds. The molecule has 0 aliphatic rings. The number of benzene rings is 3. The molecule has 5 nitrogen and oxygen atoms in total. The van der Waals surface area contributed by atoms with E-state index in [-0.39, 0.29) is 5.91 Å². The smallest absolute Gasteiger partial charge is 0.257 e. The Balaban J connectivity index is 1.45. The molecule has 0 aliphatic carbocycles. The van der Waals surface area contributed by atoms with Gasteiger partial charge in [-0.15, -0.1) is 0 Å². The number of aromatic nitrogens is 1. The number of thioether (sulfide) groups is 1. The van der Waals surface area contributed by atoms with Crippen LogP contribution in [0.1, 0.15) is 21.5 Å². The summed E-state index contributed by atoms with van der Waals surface area (Å²) in [7, 11) is 5.87. The van der Waals surface area contributed by atoms with Crippen LogP contribution in [0.4, 0.5) is 5.69 Å². The van der Waals surface area contributed by atoms with E-state index in [1.807, 2.05) is 69.7 Å². The van der Waals surface area contributed by atoms with Crippen LogP contribution < -0.4 is 4.90 Å². The number of rotatable bonds is 7. The first-order valence-corrected chi connectivity index (χ1v) is 11.1. The Morgan fingerprint density at radius 2 is 1.65 bits per heavy atom. The first-order chi connectivity index (χ1) is 15.0. The van der Waals surface area contributed by atoms with Gasteiger partial charge in [-0.3, -0.25) is 4.79 Å². The number of nitrogens with zero attached hydrogens (tertiary/aromatic N) is 3. The van der Waals surface area contributed by atoms with Crippen LogP contribution >= 0.6 is 11.8 Å². The molecule has 158 valence electrons. The minimum absolute atomic E-state index is 0.00505. The van der Waals surface area contributed by atoms with Crippen molar-refractivity contribution in [2.75, 3.05) is 26.0 Å². The van der Waals surface area contributed by atoms with E-state index < -0.39 is 0 Å². The molecule has 0 saturated carbocycles. The molecule has 0 atom stereocenters. The van der Waals surface area contributed by atoms with Gasteiger partial charge in [-0.25, -0.2) is 4.98 Å². The van der Waals surface area contributed by atoms with Crippen LogP contribution in [0.3, 0.4) is 0 Å². The number of carbonyl (C=O) groups is 1. The fraction of sp³-hybridized carbons (Fsp3) is 0.200. The van der Waals surface area contributed by atoms with Gasteiger partial charge in [-0.1, -0.05) is 54.2 Å². The molecule has 0 saturated heterocycles. The van der Waals surface area contributed by atoms with Crippen molar-refractivity contribution in [1.29, 1.82) is 0 Å². The summed E-state index contributed by atoms with van der Waals surface area (Å²) in [5.41, 5.74) is 5.52. The number of oxazole rings is 1. The maximum absolute atomic E-state index is 13.2. The first kappa shape index (κ1) is 21.0. The molecule has 0 fully saturated rings. The van der Waals surface area contributed by atoms with Gasteiger partial charge in [0, 0.05) is 44.7 Å². The van der Waals surface area contributed by atoms with E-state index in [9.17, 15) is 4.79 Å². The second-order valence-corrected chi connectivity index (χ2v) is 8.54. The van der Waals surface area contributed by atoms with Crippen molar-refractivity contribution in [2.24, 2.45) is 0 Å². The largest absolute Gasteiger partial charge is 0.431 e. The Morgan fingerprint density at radius 3 is 2.39 bits per heavy atom. The monoisotopic (exact) mass is 431 g/mol. The number of amides is 1. The molecule has 31 heavy (non-hydrogen) atoms. The van der Waals surface area contributed by atoms with Crippen molar-refractivity contribution in [1.82, 2.24) is 9.88 Å². The highest BCUT2D eigenvalue weighted by molar-refractivity contribution is 7.98. The summed E-state index contributed by atoms with van der Waals surface area (Å²) in [6, 6.07) is 23.7. The molecule has 0 bridgehead atoms. The van der Waals surface area contributed by atoms with Crippen molar-refractivity contribution in [3.8, 4) is 0 Å². The average molecular weight is 432 g/mol. The van der Waals surface area contributed by atoms with Gasteiger partial charge in [0.25, 0.3) is 11.1 Å². The lowest BCUT2D eigenvalue weighted by Gasteiger charge is -2.20. The SMILES string of the molecule is CN(Cc1ccc(N(C)C)cc1)C(=O)c1ccccc1CSc1nc2ccccc2o1. The average Bonchev–Trinajstić information content (AvgIpc) is 3.21. The van der Waals surface area contributed by atoms with E-state index in [4.69, 9.17) is 4.42 Å². The Morgan fingerprint density at radius 1 is 0.935 bits per heavy atom. The van der Waals surface area contributed by atoms with Crippen molar-refractivity contribution >= 4 is 34.5 Å². The van der Waals surface area contributed by atoms with E-state index in [0.29, 0.717) is 23.1 Å². The van der Waals surface area contributed by atoms with E-state index in [1.165, 1.54) is 11.8 Å². The predicted octanol–water partition coefficient (Wildman–Crippen LogP) is 5.46. The zero-order valence-corrected chi connectivity index (χ0v) is 18.7. The van der Waals surface area contributed by atoms with Gasteiger partial charge in [0.05, 0.1) is 0 Å². The molecular formula is C25H25N3O2S. The fourth-order valence-corrected chi connectivity index (χ4v) is 4.20. The Hall–Kier alpha value is -3.25. The van der Waals surface area contributed by atoms with Crippen molar-refractivity contribution in [2.45, 2.75) is 17.5 Å². The number of carbonyl (C=O) groups excluding carboxylic acids is 1. The lowest BCUT2D eigenvalue weighted by molar-refractivity contribution is 0.0784. The number of fused-ring (bicyclic) bond motifs is 1. The first-order valence-electron chi connectivity index (χ1n) is 10.1. The van der Waals surface area contributed by atoms with Crippen LogP contribution in [0.2, 0.25) is 0 Å². The quantitative estimate of drug-likeness (QED) is 0.364. The summed E-state index contributed by atoms with van der Waals surface area (Å²) in [6.07, 6.45) is 0. The molecule has 1 heterocycles. The maximum atomic E-state index is 13.2. The van der Waals surface area contributed by atoms with Gasteiger partial charge < -0.3 is 14.2 Å². The molecule has 1 aromatic heterocycles. The Bertz CT molecular complexity index is 1150. The van der Waals surface area contributed by atoms with Crippen molar-refractivity contribution in [3.05, 3.63) is 89.5 Å². The number of para-hydroxylation sites is 2. The van der Waals surface area contributed by atoms with E-state index in [0.717, 1.165) is 27.9 Å². The van der Waals surface area contributed by atoms with Crippen molar-refractivity contribution in [3.63, 3.8) is 0 Å². The normalized spacial score (nSPS) is 10.9. The highest BCUT2D eigenvalue weighted by atomic mass is 32.2. The predicted molar refractivity (Wildman–Crippen MR) is 127 cm³/mol. The van der Waals surface area contributed by atoms with E-state index in [1.54, 1.807) is 4.90 Å². The van der Waals surface area contributed by atoms with Crippen LogP contribution in [-0.2, 0) is 12.3 Å². The van der Waals surface area contributed by atoms with Crippen LogP contribution in [-0.4, -0.2) is 36.9 Å². The topological polar surface area (TPSA) is 49.6 Å². The molecular weight excluding hydrogens is 406 g/mol. The third-order valence-corrected chi connectivity index (χ3v) is 5.97.